The molecule has 3 rings (SSSR count). The third-order valence-electron chi connectivity index (χ3n) is 8.33. The highest BCUT2D eigenvalue weighted by molar-refractivity contribution is 5.84. The fourth-order valence-electron chi connectivity index (χ4n) is 5.17. The van der Waals surface area contributed by atoms with Gasteiger partial charge < -0.3 is 19.7 Å². The number of hydrogen-bond acceptors (Lipinski definition) is 5. The molecule has 0 aliphatic carbocycles. The summed E-state index contributed by atoms with van der Waals surface area (Å²) < 4.78 is 12.8. The third-order valence-corrected chi connectivity index (χ3v) is 8.33. The Kier molecular flexibility index (Phi) is 11.7. The Hall–Kier alpha value is -3.31. The summed E-state index contributed by atoms with van der Waals surface area (Å²) in [5, 5.41) is 24.1. The van der Waals surface area contributed by atoms with E-state index >= 15 is 0 Å². The molecule has 0 heterocycles. The molecule has 0 aromatic heterocycles. The molecule has 1 unspecified atom stereocenters. The lowest BCUT2D eigenvalue weighted by Crippen LogP contribution is -2.39. The van der Waals surface area contributed by atoms with Gasteiger partial charge in [0, 0.05) is 22.9 Å². The number of rotatable bonds is 13. The zero-order valence-electron chi connectivity index (χ0n) is 28.8. The van der Waals surface area contributed by atoms with E-state index in [1.807, 2.05) is 44.2 Å². The second kappa shape index (κ2) is 14.6. The lowest BCUT2D eigenvalue weighted by atomic mass is 9.75. The first-order chi connectivity index (χ1) is 20.6. The number of aliphatic imine (C=N–C) groups is 1. The molecule has 0 saturated carbocycles. The number of phenolic OH excluding ortho intramolecular Hbond substituents is 1. The summed E-state index contributed by atoms with van der Waals surface area (Å²) in [5.41, 5.74) is 2.91. The standard InChI is InChI=1S/C39H55NO4/c1-11-13-22-43-34-20-18-30(37(5,6)7)24-32(34)39(42,28(4)40-26-29-17-15-16-27(3)36(29)41)33-25-31(38(8,9)10)19-21-35(33)44-23-14-12-2/h15-21,24-26,28,41-42H,11-14,22-23H2,1-10H3. The summed E-state index contributed by atoms with van der Waals surface area (Å²) in [5.74, 6) is 1.45. The van der Waals surface area contributed by atoms with Gasteiger partial charge in [-0.05, 0) is 84.5 Å². The number of unbranched alkanes of at least 4 members (excludes halogenated alkanes) is 2. The van der Waals surface area contributed by atoms with Crippen molar-refractivity contribution in [3.8, 4) is 17.2 Å². The number of phenols is 1. The SMILES string of the molecule is CCCCOc1ccc(C(C)(C)C)cc1C(O)(c1cc(C(C)(C)C)ccc1OCCCC)C(C)N=Cc1cccc(C)c1O. The van der Waals surface area contributed by atoms with E-state index in [2.05, 4.69) is 79.7 Å². The Labute approximate surface area is 266 Å². The molecule has 0 fully saturated rings. The first-order valence-corrected chi connectivity index (χ1v) is 16.2. The predicted octanol–water partition coefficient (Wildman–Crippen LogP) is 9.40. The van der Waals surface area contributed by atoms with Crippen LogP contribution >= 0.6 is 0 Å². The van der Waals surface area contributed by atoms with E-state index in [0.717, 1.165) is 42.4 Å². The highest BCUT2D eigenvalue weighted by atomic mass is 16.5. The van der Waals surface area contributed by atoms with E-state index in [1.165, 1.54) is 0 Å². The van der Waals surface area contributed by atoms with Gasteiger partial charge in [0.1, 0.15) is 22.8 Å². The summed E-state index contributed by atoms with van der Waals surface area (Å²) in [6, 6.07) is 17.2. The number of benzene rings is 3. The van der Waals surface area contributed by atoms with Crippen LogP contribution in [0.3, 0.4) is 0 Å². The molecule has 1 atom stereocenters. The van der Waals surface area contributed by atoms with Gasteiger partial charge in [0.2, 0.25) is 0 Å². The Morgan fingerprint density at radius 1 is 0.773 bits per heavy atom. The lowest BCUT2D eigenvalue weighted by Gasteiger charge is -2.37. The number of hydrogen-bond donors (Lipinski definition) is 2. The van der Waals surface area contributed by atoms with Gasteiger partial charge in [-0.2, -0.15) is 0 Å². The molecular weight excluding hydrogens is 546 g/mol. The van der Waals surface area contributed by atoms with Crippen LogP contribution in [0.5, 0.6) is 17.2 Å². The third kappa shape index (κ3) is 8.24. The van der Waals surface area contributed by atoms with E-state index in [0.29, 0.717) is 41.4 Å². The zero-order valence-corrected chi connectivity index (χ0v) is 28.8. The molecule has 0 saturated heterocycles. The molecule has 0 aliphatic rings. The molecule has 2 N–H and O–H groups in total. The highest BCUT2D eigenvalue weighted by Crippen LogP contribution is 2.46. The molecule has 240 valence electrons. The van der Waals surface area contributed by atoms with Gasteiger partial charge in [0.25, 0.3) is 0 Å². The first kappa shape index (κ1) is 35.2. The summed E-state index contributed by atoms with van der Waals surface area (Å²) >= 11 is 0. The van der Waals surface area contributed by atoms with Crippen LogP contribution in [-0.2, 0) is 16.4 Å². The van der Waals surface area contributed by atoms with Crippen LogP contribution in [-0.4, -0.2) is 35.7 Å². The van der Waals surface area contributed by atoms with Gasteiger partial charge in [0.05, 0.1) is 19.3 Å². The minimum atomic E-state index is -1.62. The van der Waals surface area contributed by atoms with Gasteiger partial charge in [-0.15, -0.1) is 0 Å². The number of ether oxygens (including phenoxy) is 2. The topological polar surface area (TPSA) is 71.3 Å². The van der Waals surface area contributed by atoms with Gasteiger partial charge in [-0.1, -0.05) is 92.5 Å². The fourth-order valence-corrected chi connectivity index (χ4v) is 5.17. The Bertz CT molecular complexity index is 1340. The molecule has 5 nitrogen and oxygen atoms in total. The predicted molar refractivity (Wildman–Crippen MR) is 184 cm³/mol. The van der Waals surface area contributed by atoms with Crippen LogP contribution in [0.25, 0.3) is 0 Å². The van der Waals surface area contributed by atoms with Crippen molar-refractivity contribution in [3.05, 3.63) is 88.0 Å². The second-order valence-electron chi connectivity index (χ2n) is 14.1. The van der Waals surface area contributed by atoms with Crippen LogP contribution in [0.1, 0.15) is 121 Å². The van der Waals surface area contributed by atoms with Crippen LogP contribution in [0.4, 0.5) is 0 Å². The van der Waals surface area contributed by atoms with Gasteiger partial charge >= 0.3 is 0 Å². The number of aromatic hydroxyl groups is 1. The van der Waals surface area contributed by atoms with Crippen LogP contribution in [0, 0.1) is 6.92 Å². The maximum absolute atomic E-state index is 13.3. The monoisotopic (exact) mass is 601 g/mol. The quantitative estimate of drug-likeness (QED) is 0.151. The summed E-state index contributed by atoms with van der Waals surface area (Å²) in [6.45, 7) is 22.2. The van der Waals surface area contributed by atoms with Crippen molar-refractivity contribution in [1.82, 2.24) is 0 Å². The van der Waals surface area contributed by atoms with E-state index < -0.39 is 11.6 Å². The van der Waals surface area contributed by atoms with Crippen molar-refractivity contribution in [2.24, 2.45) is 4.99 Å². The van der Waals surface area contributed by atoms with Crippen molar-refractivity contribution in [1.29, 1.82) is 0 Å². The fraction of sp³-hybridized carbons (Fsp3) is 0.513. The molecule has 3 aromatic rings. The number of nitrogens with zero attached hydrogens (tertiary/aromatic N) is 1. The number of aliphatic hydroxyl groups is 1. The molecule has 0 bridgehead atoms. The van der Waals surface area contributed by atoms with Crippen LogP contribution in [0.2, 0.25) is 0 Å². The van der Waals surface area contributed by atoms with Gasteiger partial charge in [0.15, 0.2) is 0 Å². The van der Waals surface area contributed by atoms with Gasteiger partial charge in [-0.25, -0.2) is 0 Å². The van der Waals surface area contributed by atoms with E-state index in [1.54, 1.807) is 6.21 Å². The van der Waals surface area contributed by atoms with Crippen LogP contribution < -0.4 is 9.47 Å². The van der Waals surface area contributed by atoms with E-state index in [9.17, 15) is 10.2 Å². The molecule has 44 heavy (non-hydrogen) atoms. The molecule has 3 aromatic carbocycles. The number of aryl methyl sites for hydroxylation is 1. The summed E-state index contributed by atoms with van der Waals surface area (Å²) in [7, 11) is 0. The van der Waals surface area contributed by atoms with E-state index in [4.69, 9.17) is 14.5 Å². The second-order valence-corrected chi connectivity index (χ2v) is 14.1. The normalized spacial score (nSPS) is 13.3. The summed E-state index contributed by atoms with van der Waals surface area (Å²) in [4.78, 5) is 4.93. The highest BCUT2D eigenvalue weighted by Gasteiger charge is 2.43. The maximum Gasteiger partial charge on any atom is 0.144 e. The van der Waals surface area contributed by atoms with Crippen LogP contribution in [0.15, 0.2) is 59.6 Å². The molecule has 0 amide bonds. The van der Waals surface area contributed by atoms with Crippen molar-refractivity contribution in [3.63, 3.8) is 0 Å². The molecule has 0 aliphatic heterocycles. The molecule has 5 heteroatoms. The smallest absolute Gasteiger partial charge is 0.144 e. The number of para-hydroxylation sites is 1. The van der Waals surface area contributed by atoms with E-state index in [-0.39, 0.29) is 16.6 Å². The zero-order chi connectivity index (χ0) is 32.7. The molecule has 0 radical (unpaired) electrons. The molecule has 0 spiro atoms. The average Bonchev–Trinajstić information content (AvgIpc) is 2.96. The lowest BCUT2D eigenvalue weighted by molar-refractivity contribution is 0.0519. The van der Waals surface area contributed by atoms with Crippen molar-refractivity contribution in [2.75, 3.05) is 13.2 Å². The Morgan fingerprint density at radius 2 is 1.25 bits per heavy atom. The Balaban J connectivity index is 2.38. The Morgan fingerprint density at radius 3 is 1.68 bits per heavy atom. The van der Waals surface area contributed by atoms with Crippen molar-refractivity contribution < 1.29 is 19.7 Å². The summed E-state index contributed by atoms with van der Waals surface area (Å²) in [6.07, 6.45) is 5.48. The average molecular weight is 602 g/mol. The molecular formula is C39H55NO4. The van der Waals surface area contributed by atoms with Gasteiger partial charge in [-0.3, -0.25) is 4.99 Å². The van der Waals surface area contributed by atoms with Crippen molar-refractivity contribution >= 4 is 6.21 Å². The maximum atomic E-state index is 13.3. The minimum Gasteiger partial charge on any atom is -0.507 e. The largest absolute Gasteiger partial charge is 0.507 e. The minimum absolute atomic E-state index is 0.162. The van der Waals surface area contributed by atoms with Crippen molar-refractivity contribution in [2.45, 2.75) is 117 Å². The first-order valence-electron chi connectivity index (χ1n) is 16.2.